The third-order valence-corrected chi connectivity index (χ3v) is 3.64. The van der Waals surface area contributed by atoms with Crippen LogP contribution in [0.15, 0.2) is 0 Å². The molecule has 0 amide bonds. The van der Waals surface area contributed by atoms with E-state index in [0.717, 1.165) is 25.7 Å². The van der Waals surface area contributed by atoms with Crippen LogP contribution in [0.1, 0.15) is 104 Å². The number of carbonyl (C=O) groups excluding carboxylic acids is 1. The summed E-state index contributed by atoms with van der Waals surface area (Å²) >= 11 is 5.24. The molecule has 1 atom stereocenters. The molecule has 1 unspecified atom stereocenters. The summed E-state index contributed by atoms with van der Waals surface area (Å²) in [5.74, 6) is 0. The van der Waals surface area contributed by atoms with Crippen LogP contribution in [-0.4, -0.2) is 16.5 Å². The third kappa shape index (κ3) is 28.7. The van der Waals surface area contributed by atoms with Crippen LogP contribution in [0.2, 0.25) is 0 Å². The van der Waals surface area contributed by atoms with Crippen LogP contribution < -0.4 is 0 Å². The van der Waals surface area contributed by atoms with E-state index < -0.39 is 0 Å². The molecule has 0 aliphatic heterocycles. The molecular formula is C18H37ClO2. The Bertz CT molecular complexity index is 205. The fourth-order valence-electron chi connectivity index (χ4n) is 2.07. The number of aliphatic hydroxyl groups is 1. The van der Waals surface area contributed by atoms with Crippen molar-refractivity contribution in [3.05, 3.63) is 0 Å². The molecular weight excluding hydrogens is 284 g/mol. The van der Waals surface area contributed by atoms with Gasteiger partial charge in [0.05, 0.1) is 6.10 Å². The lowest BCUT2D eigenvalue weighted by molar-refractivity contribution is -0.111. The summed E-state index contributed by atoms with van der Waals surface area (Å²) in [6.07, 6.45) is 15.3. The van der Waals surface area contributed by atoms with Gasteiger partial charge in [-0.1, -0.05) is 78.1 Å². The van der Waals surface area contributed by atoms with E-state index in [-0.39, 0.29) is 11.3 Å². The lowest BCUT2D eigenvalue weighted by atomic mass is 10.1. The van der Waals surface area contributed by atoms with Crippen LogP contribution in [0, 0.1) is 0 Å². The SMILES string of the molecule is CCCCC(C)O.CCCCCCCCCCCC(=O)Cl. The highest BCUT2D eigenvalue weighted by Crippen LogP contribution is 2.10. The first-order chi connectivity index (χ1) is 10.0. The van der Waals surface area contributed by atoms with Crippen molar-refractivity contribution in [2.75, 3.05) is 0 Å². The van der Waals surface area contributed by atoms with E-state index in [4.69, 9.17) is 16.7 Å². The van der Waals surface area contributed by atoms with Gasteiger partial charge in [-0.2, -0.15) is 0 Å². The molecule has 0 aromatic rings. The van der Waals surface area contributed by atoms with Crippen molar-refractivity contribution in [1.29, 1.82) is 0 Å². The van der Waals surface area contributed by atoms with E-state index in [1.807, 2.05) is 6.92 Å². The smallest absolute Gasteiger partial charge is 0.221 e. The van der Waals surface area contributed by atoms with E-state index >= 15 is 0 Å². The molecule has 3 heteroatoms. The maximum atomic E-state index is 10.4. The Morgan fingerprint density at radius 3 is 1.62 bits per heavy atom. The molecule has 128 valence electrons. The predicted octanol–water partition coefficient (Wildman–Crippen LogP) is 6.23. The number of halogens is 1. The molecule has 0 saturated heterocycles. The van der Waals surface area contributed by atoms with Crippen LogP contribution >= 0.6 is 11.6 Å². The van der Waals surface area contributed by atoms with Gasteiger partial charge < -0.3 is 5.11 Å². The fourth-order valence-corrected chi connectivity index (χ4v) is 2.21. The van der Waals surface area contributed by atoms with Gasteiger partial charge in [-0.15, -0.1) is 0 Å². The summed E-state index contributed by atoms with van der Waals surface area (Å²) in [4.78, 5) is 10.4. The molecule has 0 fully saturated rings. The molecule has 1 N–H and O–H groups in total. The third-order valence-electron chi connectivity index (χ3n) is 3.45. The number of carbonyl (C=O) groups is 1. The zero-order valence-electron chi connectivity index (χ0n) is 14.5. The molecule has 0 spiro atoms. The Hall–Kier alpha value is -0.0800. The van der Waals surface area contributed by atoms with E-state index in [9.17, 15) is 4.79 Å². The normalized spacial score (nSPS) is 11.7. The molecule has 0 aliphatic carbocycles. The molecule has 0 aromatic heterocycles. The second kappa shape index (κ2) is 19.9. The van der Waals surface area contributed by atoms with Gasteiger partial charge in [0.2, 0.25) is 5.24 Å². The number of unbranched alkanes of at least 4 members (excludes halogenated alkanes) is 9. The Balaban J connectivity index is 0. The molecule has 0 saturated carbocycles. The first kappa shape index (κ1) is 23.2. The molecule has 0 aromatic carbocycles. The topological polar surface area (TPSA) is 37.3 Å². The second-order valence-electron chi connectivity index (χ2n) is 5.92. The van der Waals surface area contributed by atoms with Crippen molar-refractivity contribution in [3.63, 3.8) is 0 Å². The lowest BCUT2D eigenvalue weighted by Gasteiger charge is -2.00. The predicted molar refractivity (Wildman–Crippen MR) is 93.9 cm³/mol. The monoisotopic (exact) mass is 320 g/mol. The standard InChI is InChI=1S/C12H23ClO.C6H14O/c1-2-3-4-5-6-7-8-9-10-11-12(13)14;1-3-4-5-6(2)7/h2-11H2,1H3;6-7H,3-5H2,1-2H3. The molecule has 0 aliphatic rings. The summed E-state index contributed by atoms with van der Waals surface area (Å²) in [6.45, 7) is 6.20. The minimum absolute atomic E-state index is 0.0973. The van der Waals surface area contributed by atoms with E-state index in [2.05, 4.69) is 13.8 Å². The average molecular weight is 321 g/mol. The average Bonchev–Trinajstić information content (AvgIpc) is 2.43. The molecule has 21 heavy (non-hydrogen) atoms. The maximum Gasteiger partial charge on any atom is 0.221 e. The Kier molecular flexibility index (Phi) is 22.0. The van der Waals surface area contributed by atoms with Crippen molar-refractivity contribution in [2.45, 2.75) is 110 Å². The quantitative estimate of drug-likeness (QED) is 0.322. The minimum Gasteiger partial charge on any atom is -0.393 e. The number of rotatable bonds is 13. The van der Waals surface area contributed by atoms with Gasteiger partial charge in [-0.25, -0.2) is 0 Å². The second-order valence-corrected chi connectivity index (χ2v) is 6.35. The van der Waals surface area contributed by atoms with Gasteiger partial charge in [-0.05, 0) is 31.4 Å². The van der Waals surface area contributed by atoms with Crippen LogP contribution in [0.5, 0.6) is 0 Å². The van der Waals surface area contributed by atoms with Gasteiger partial charge in [-0.3, -0.25) is 4.79 Å². The summed E-state index contributed by atoms with van der Waals surface area (Å²) in [5, 5.41) is 8.50. The lowest BCUT2D eigenvalue weighted by Crippen LogP contribution is -1.97. The summed E-state index contributed by atoms with van der Waals surface area (Å²) in [5.41, 5.74) is 0. The van der Waals surface area contributed by atoms with Crippen molar-refractivity contribution in [1.82, 2.24) is 0 Å². The van der Waals surface area contributed by atoms with Crippen molar-refractivity contribution < 1.29 is 9.90 Å². The van der Waals surface area contributed by atoms with Gasteiger partial charge in [0, 0.05) is 6.42 Å². The first-order valence-electron chi connectivity index (χ1n) is 8.90. The summed E-state index contributed by atoms with van der Waals surface area (Å²) < 4.78 is 0. The highest BCUT2D eigenvalue weighted by Gasteiger charge is 1.95. The zero-order valence-corrected chi connectivity index (χ0v) is 15.3. The molecule has 0 radical (unpaired) electrons. The van der Waals surface area contributed by atoms with Crippen LogP contribution in [0.3, 0.4) is 0 Å². The Labute approximate surface area is 137 Å². The minimum atomic E-state index is -0.187. The molecule has 0 heterocycles. The highest BCUT2D eigenvalue weighted by atomic mass is 35.5. The van der Waals surface area contributed by atoms with Gasteiger partial charge in [0.15, 0.2) is 0 Å². The van der Waals surface area contributed by atoms with E-state index in [0.29, 0.717) is 6.42 Å². The molecule has 0 rings (SSSR count). The molecule has 2 nitrogen and oxygen atoms in total. The van der Waals surface area contributed by atoms with Gasteiger partial charge >= 0.3 is 0 Å². The molecule has 0 bridgehead atoms. The number of hydrogen-bond acceptors (Lipinski definition) is 2. The number of hydrogen-bond donors (Lipinski definition) is 1. The van der Waals surface area contributed by atoms with Crippen LogP contribution in [-0.2, 0) is 4.79 Å². The fraction of sp³-hybridized carbons (Fsp3) is 0.944. The van der Waals surface area contributed by atoms with Crippen LogP contribution in [0.4, 0.5) is 0 Å². The van der Waals surface area contributed by atoms with Gasteiger partial charge in [0.25, 0.3) is 0 Å². The Morgan fingerprint density at radius 1 is 0.857 bits per heavy atom. The summed E-state index contributed by atoms with van der Waals surface area (Å²) in [7, 11) is 0. The van der Waals surface area contributed by atoms with Crippen molar-refractivity contribution in [3.8, 4) is 0 Å². The Morgan fingerprint density at radius 2 is 1.29 bits per heavy atom. The van der Waals surface area contributed by atoms with Crippen LogP contribution in [0.25, 0.3) is 0 Å². The number of aliphatic hydroxyl groups excluding tert-OH is 1. The first-order valence-corrected chi connectivity index (χ1v) is 9.28. The van der Waals surface area contributed by atoms with E-state index in [1.165, 1.54) is 51.4 Å². The largest absolute Gasteiger partial charge is 0.393 e. The maximum absolute atomic E-state index is 10.4. The summed E-state index contributed by atoms with van der Waals surface area (Å²) in [6, 6.07) is 0. The van der Waals surface area contributed by atoms with Gasteiger partial charge in [0.1, 0.15) is 0 Å². The zero-order chi connectivity index (χ0) is 16.3. The van der Waals surface area contributed by atoms with E-state index in [1.54, 1.807) is 0 Å². The van der Waals surface area contributed by atoms with Crippen molar-refractivity contribution in [2.24, 2.45) is 0 Å². The van der Waals surface area contributed by atoms with Crippen molar-refractivity contribution >= 4 is 16.8 Å². The highest BCUT2D eigenvalue weighted by molar-refractivity contribution is 6.63.